The van der Waals surface area contributed by atoms with Crippen LogP contribution in [0, 0.1) is 0 Å². The molecule has 16 heavy (non-hydrogen) atoms. The highest BCUT2D eigenvalue weighted by Crippen LogP contribution is 2.28. The summed E-state index contributed by atoms with van der Waals surface area (Å²) in [6.07, 6.45) is 0. The lowest BCUT2D eigenvalue weighted by molar-refractivity contribution is -0.150. The van der Waals surface area contributed by atoms with Crippen LogP contribution >= 0.6 is 23.5 Å². The van der Waals surface area contributed by atoms with E-state index in [1.54, 1.807) is 23.9 Å². The van der Waals surface area contributed by atoms with Gasteiger partial charge in [-0.2, -0.15) is 0 Å². The molecule has 0 saturated carbocycles. The van der Waals surface area contributed by atoms with Crippen LogP contribution in [-0.2, 0) is 9.59 Å². The number of nitrogens with zero attached hydrogens (tertiary/aromatic N) is 2. The van der Waals surface area contributed by atoms with Gasteiger partial charge in [-0.15, -0.1) is 23.5 Å². The zero-order valence-corrected chi connectivity index (χ0v) is 11.7. The maximum atomic E-state index is 12.1. The predicted octanol–water partition coefficient (Wildman–Crippen LogP) is 1.08. The smallest absolute Gasteiger partial charge is 0.256 e. The van der Waals surface area contributed by atoms with Crippen molar-refractivity contribution < 1.29 is 9.59 Å². The van der Waals surface area contributed by atoms with Crippen LogP contribution in [-0.4, -0.2) is 58.0 Å². The second kappa shape index (κ2) is 5.82. The van der Waals surface area contributed by atoms with Crippen LogP contribution in [0.25, 0.3) is 0 Å². The van der Waals surface area contributed by atoms with Crippen molar-refractivity contribution in [3.8, 4) is 0 Å². The molecular weight excluding hydrogens is 244 g/mol. The third-order valence-corrected chi connectivity index (χ3v) is 4.80. The lowest BCUT2D eigenvalue weighted by atomic mass is 10.3. The maximum Gasteiger partial charge on any atom is 0.256 e. The van der Waals surface area contributed by atoms with Crippen molar-refractivity contribution in [2.24, 2.45) is 0 Å². The van der Waals surface area contributed by atoms with Gasteiger partial charge >= 0.3 is 0 Å². The molecule has 1 aliphatic rings. The number of amides is 2. The van der Waals surface area contributed by atoms with Gasteiger partial charge in [-0.3, -0.25) is 9.59 Å². The van der Waals surface area contributed by atoms with Crippen LogP contribution in [0.5, 0.6) is 0 Å². The Balaban J connectivity index is 2.86. The SMILES string of the molecule is CCS[C@H]1C(=O)N(C)[C@@H](SCC)C(=O)N1C. The largest absolute Gasteiger partial charge is 0.323 e. The molecular formula is C10H18N2O2S2. The van der Waals surface area contributed by atoms with Gasteiger partial charge in [-0.1, -0.05) is 13.8 Å². The van der Waals surface area contributed by atoms with Gasteiger partial charge in [0.1, 0.15) is 0 Å². The number of thioether (sulfide) groups is 2. The van der Waals surface area contributed by atoms with Gasteiger partial charge in [0.15, 0.2) is 10.7 Å². The lowest BCUT2D eigenvalue weighted by Crippen LogP contribution is -2.60. The first-order valence-corrected chi connectivity index (χ1v) is 7.40. The number of carbonyl (C=O) groups excluding carboxylic acids is 2. The molecule has 1 rings (SSSR count). The number of carbonyl (C=O) groups is 2. The molecule has 0 aromatic heterocycles. The van der Waals surface area contributed by atoms with Gasteiger partial charge in [0.05, 0.1) is 0 Å². The van der Waals surface area contributed by atoms with E-state index in [4.69, 9.17) is 0 Å². The number of likely N-dealkylation sites (N-methyl/N-ethyl adjacent to an activating group) is 2. The minimum absolute atomic E-state index is 0.0277. The summed E-state index contributed by atoms with van der Waals surface area (Å²) in [6.45, 7) is 3.98. The quantitative estimate of drug-likeness (QED) is 0.760. The van der Waals surface area contributed by atoms with Crippen LogP contribution in [0.3, 0.4) is 0 Å². The Morgan fingerprint density at radius 1 is 0.938 bits per heavy atom. The van der Waals surface area contributed by atoms with Crippen LogP contribution in [0.4, 0.5) is 0 Å². The monoisotopic (exact) mass is 262 g/mol. The highest BCUT2D eigenvalue weighted by atomic mass is 32.2. The summed E-state index contributed by atoms with van der Waals surface area (Å²) in [5.41, 5.74) is 0. The average Bonchev–Trinajstić information content (AvgIpc) is 2.28. The number of hydrogen-bond acceptors (Lipinski definition) is 4. The Labute approximate surface area is 105 Å². The van der Waals surface area contributed by atoms with E-state index in [9.17, 15) is 9.59 Å². The van der Waals surface area contributed by atoms with Crippen molar-refractivity contribution in [1.29, 1.82) is 0 Å². The number of rotatable bonds is 4. The van der Waals surface area contributed by atoms with E-state index >= 15 is 0 Å². The molecule has 0 bridgehead atoms. The number of piperazine rings is 1. The summed E-state index contributed by atoms with van der Waals surface area (Å²) in [6, 6.07) is 0. The molecule has 1 heterocycles. The summed E-state index contributed by atoms with van der Waals surface area (Å²) in [5, 5.41) is -0.701. The fourth-order valence-electron chi connectivity index (χ4n) is 1.59. The van der Waals surface area contributed by atoms with Gasteiger partial charge in [0, 0.05) is 14.1 Å². The molecule has 0 aromatic carbocycles. The summed E-state index contributed by atoms with van der Waals surface area (Å²) in [4.78, 5) is 27.3. The molecule has 92 valence electrons. The Bertz CT molecular complexity index is 258. The van der Waals surface area contributed by atoms with Gasteiger partial charge in [-0.25, -0.2) is 0 Å². The molecule has 0 spiro atoms. The molecule has 0 aliphatic carbocycles. The van der Waals surface area contributed by atoms with E-state index in [1.807, 2.05) is 13.8 Å². The fraction of sp³-hybridized carbons (Fsp3) is 0.800. The van der Waals surface area contributed by atoms with Gasteiger partial charge < -0.3 is 9.80 Å². The predicted molar refractivity (Wildman–Crippen MR) is 69.4 cm³/mol. The molecule has 2 atom stereocenters. The Kier molecular flexibility index (Phi) is 4.98. The Morgan fingerprint density at radius 2 is 1.25 bits per heavy atom. The third-order valence-electron chi connectivity index (χ3n) is 2.47. The number of hydrogen-bond donors (Lipinski definition) is 0. The van der Waals surface area contributed by atoms with Gasteiger partial charge in [0.25, 0.3) is 11.8 Å². The first kappa shape index (κ1) is 13.7. The maximum absolute atomic E-state index is 12.1. The highest BCUT2D eigenvalue weighted by Gasteiger charge is 2.42. The van der Waals surface area contributed by atoms with Crippen molar-refractivity contribution in [3.63, 3.8) is 0 Å². The Hall–Kier alpha value is -0.360. The molecule has 1 fully saturated rings. The van der Waals surface area contributed by atoms with E-state index in [-0.39, 0.29) is 22.6 Å². The summed E-state index contributed by atoms with van der Waals surface area (Å²) in [5.74, 6) is 1.71. The molecule has 2 amide bonds. The van der Waals surface area contributed by atoms with Crippen molar-refractivity contribution in [1.82, 2.24) is 9.80 Å². The van der Waals surface area contributed by atoms with Gasteiger partial charge in [0.2, 0.25) is 0 Å². The fourth-order valence-corrected chi connectivity index (χ4v) is 3.50. The molecule has 0 unspecified atom stereocenters. The topological polar surface area (TPSA) is 40.6 Å². The molecule has 1 saturated heterocycles. The van der Waals surface area contributed by atoms with E-state index in [2.05, 4.69) is 0 Å². The zero-order chi connectivity index (χ0) is 12.3. The summed E-state index contributed by atoms with van der Waals surface area (Å²) < 4.78 is 0. The second-order valence-electron chi connectivity index (χ2n) is 3.51. The highest BCUT2D eigenvalue weighted by molar-refractivity contribution is 8.01. The molecule has 0 radical (unpaired) electrons. The van der Waals surface area contributed by atoms with Crippen molar-refractivity contribution >= 4 is 35.3 Å². The molecule has 4 nitrogen and oxygen atoms in total. The third kappa shape index (κ3) is 2.48. The van der Waals surface area contributed by atoms with Crippen molar-refractivity contribution in [3.05, 3.63) is 0 Å². The summed E-state index contributed by atoms with van der Waals surface area (Å²) >= 11 is 3.00. The van der Waals surface area contributed by atoms with E-state index in [1.165, 1.54) is 23.5 Å². The van der Waals surface area contributed by atoms with Crippen molar-refractivity contribution in [2.75, 3.05) is 25.6 Å². The lowest BCUT2D eigenvalue weighted by Gasteiger charge is -2.40. The second-order valence-corrected chi connectivity index (χ2v) is 6.23. The average molecular weight is 262 g/mol. The zero-order valence-electron chi connectivity index (χ0n) is 10.1. The standard InChI is InChI=1S/C10H18N2O2S2/c1-5-15-9-7(13)12(4)10(16-6-2)8(14)11(9)3/h9-10H,5-6H2,1-4H3/t9-,10-/m0/s1. The summed E-state index contributed by atoms with van der Waals surface area (Å²) in [7, 11) is 3.42. The van der Waals surface area contributed by atoms with E-state index in [0.717, 1.165) is 11.5 Å². The minimum Gasteiger partial charge on any atom is -0.323 e. The van der Waals surface area contributed by atoms with E-state index in [0.29, 0.717) is 0 Å². The first-order valence-electron chi connectivity index (χ1n) is 5.31. The molecule has 1 aliphatic heterocycles. The van der Waals surface area contributed by atoms with Crippen LogP contribution in [0.2, 0.25) is 0 Å². The molecule has 0 aromatic rings. The van der Waals surface area contributed by atoms with Crippen molar-refractivity contribution in [2.45, 2.75) is 24.6 Å². The molecule has 6 heteroatoms. The van der Waals surface area contributed by atoms with Crippen LogP contribution < -0.4 is 0 Å². The normalized spacial score (nSPS) is 26.5. The van der Waals surface area contributed by atoms with Crippen LogP contribution in [0.15, 0.2) is 0 Å². The van der Waals surface area contributed by atoms with Crippen LogP contribution in [0.1, 0.15) is 13.8 Å². The molecule has 0 N–H and O–H groups in total. The first-order chi connectivity index (χ1) is 7.54. The Morgan fingerprint density at radius 3 is 1.50 bits per heavy atom. The van der Waals surface area contributed by atoms with Gasteiger partial charge in [-0.05, 0) is 11.5 Å². The minimum atomic E-state index is -0.351. The van der Waals surface area contributed by atoms with E-state index < -0.39 is 0 Å².